The fraction of sp³-hybridized carbons (Fsp3) is 0. The first-order chi connectivity index (χ1) is 24.3. The normalized spacial score (nSPS) is 11.7. The summed E-state index contributed by atoms with van der Waals surface area (Å²) in [4.78, 5) is 2.33. The maximum absolute atomic E-state index is 6.35. The highest BCUT2D eigenvalue weighted by Crippen LogP contribution is 2.42. The van der Waals surface area contributed by atoms with Crippen LogP contribution in [0.4, 0.5) is 17.1 Å². The highest BCUT2D eigenvalue weighted by molar-refractivity contribution is 7.25. The average Bonchev–Trinajstić information content (AvgIpc) is 3.72. The van der Waals surface area contributed by atoms with E-state index in [0.29, 0.717) is 0 Å². The zero-order chi connectivity index (χ0) is 32.3. The zero-order valence-corrected chi connectivity index (χ0v) is 27.3. The minimum atomic E-state index is 0.877. The largest absolute Gasteiger partial charge is 0.456 e. The lowest BCUT2D eigenvalue weighted by Gasteiger charge is -2.26. The smallest absolute Gasteiger partial charge is 0.137 e. The van der Waals surface area contributed by atoms with E-state index in [9.17, 15) is 0 Å². The van der Waals surface area contributed by atoms with Crippen LogP contribution in [0.3, 0.4) is 0 Å². The van der Waals surface area contributed by atoms with Crippen molar-refractivity contribution in [2.45, 2.75) is 0 Å². The van der Waals surface area contributed by atoms with Crippen LogP contribution in [-0.4, -0.2) is 0 Å². The molecule has 2 aromatic heterocycles. The molecule has 230 valence electrons. The van der Waals surface area contributed by atoms with Crippen molar-refractivity contribution in [1.82, 2.24) is 0 Å². The molecule has 2 heterocycles. The standard InChI is InChI=1S/C46H29NOS/c1-2-10-30(11-3-1)32-12-8-14-35(26-32)47(36-24-25-39-38-15-4-6-18-43(38)48-44(39)28-36)34-22-20-31(21-23-34)37-17-9-13-33-27-46-42(29-41(33)37)40-16-5-7-19-45(40)49-46/h1-29H. The van der Waals surface area contributed by atoms with Crippen LogP contribution in [0.1, 0.15) is 0 Å². The molecule has 0 atom stereocenters. The van der Waals surface area contributed by atoms with Crippen LogP contribution in [0.5, 0.6) is 0 Å². The number of thiophene rings is 1. The summed E-state index contributed by atoms with van der Waals surface area (Å²) < 4.78 is 9.01. The number of benzene rings is 8. The average molecular weight is 644 g/mol. The van der Waals surface area contributed by atoms with Gasteiger partial charge in [0.05, 0.1) is 0 Å². The van der Waals surface area contributed by atoms with E-state index in [1.807, 2.05) is 23.5 Å². The topological polar surface area (TPSA) is 16.4 Å². The Balaban J connectivity index is 1.11. The molecule has 3 heteroatoms. The number of para-hydroxylation sites is 1. The van der Waals surface area contributed by atoms with E-state index < -0.39 is 0 Å². The van der Waals surface area contributed by atoms with Crippen molar-refractivity contribution in [2.24, 2.45) is 0 Å². The molecule has 0 aliphatic heterocycles. The fourth-order valence-electron chi connectivity index (χ4n) is 7.29. The van der Waals surface area contributed by atoms with Crippen LogP contribution in [0, 0.1) is 0 Å². The van der Waals surface area contributed by atoms with Crippen molar-refractivity contribution < 1.29 is 4.42 Å². The summed E-state index contributed by atoms with van der Waals surface area (Å²) in [7, 11) is 0. The van der Waals surface area contributed by atoms with Gasteiger partial charge in [-0.25, -0.2) is 0 Å². The van der Waals surface area contributed by atoms with Gasteiger partial charge in [-0.05, 0) is 93.7 Å². The maximum Gasteiger partial charge on any atom is 0.137 e. The minimum absolute atomic E-state index is 0.877. The van der Waals surface area contributed by atoms with Gasteiger partial charge in [0.25, 0.3) is 0 Å². The highest BCUT2D eigenvalue weighted by Gasteiger charge is 2.17. The number of rotatable bonds is 5. The van der Waals surface area contributed by atoms with Gasteiger partial charge in [-0.3, -0.25) is 0 Å². The van der Waals surface area contributed by atoms with Crippen LogP contribution in [0.2, 0.25) is 0 Å². The Hall–Kier alpha value is -6.16. The Morgan fingerprint density at radius 2 is 1.08 bits per heavy atom. The molecule has 0 N–H and O–H groups in total. The van der Waals surface area contributed by atoms with Gasteiger partial charge >= 0.3 is 0 Å². The van der Waals surface area contributed by atoms with Crippen LogP contribution in [0.25, 0.3) is 75.1 Å². The lowest BCUT2D eigenvalue weighted by atomic mass is 9.96. The first kappa shape index (κ1) is 27.9. The minimum Gasteiger partial charge on any atom is -0.456 e. The zero-order valence-electron chi connectivity index (χ0n) is 26.5. The number of fused-ring (bicyclic) bond motifs is 7. The van der Waals surface area contributed by atoms with Crippen molar-refractivity contribution in [3.63, 3.8) is 0 Å². The van der Waals surface area contributed by atoms with Gasteiger partial charge in [0.2, 0.25) is 0 Å². The van der Waals surface area contributed by atoms with Gasteiger partial charge in [-0.2, -0.15) is 0 Å². The van der Waals surface area contributed by atoms with E-state index >= 15 is 0 Å². The van der Waals surface area contributed by atoms with Crippen molar-refractivity contribution in [3.8, 4) is 22.3 Å². The highest BCUT2D eigenvalue weighted by atomic mass is 32.1. The molecule has 0 amide bonds. The van der Waals surface area contributed by atoms with Crippen LogP contribution in [0.15, 0.2) is 180 Å². The van der Waals surface area contributed by atoms with Gasteiger partial charge in [0.1, 0.15) is 11.2 Å². The number of nitrogens with zero attached hydrogens (tertiary/aromatic N) is 1. The molecule has 10 rings (SSSR count). The second-order valence-electron chi connectivity index (χ2n) is 12.6. The summed E-state index contributed by atoms with van der Waals surface area (Å²) in [5.74, 6) is 0. The van der Waals surface area contributed by atoms with Gasteiger partial charge in [-0.1, -0.05) is 109 Å². The molecular weight excluding hydrogens is 615 g/mol. The molecule has 49 heavy (non-hydrogen) atoms. The number of hydrogen-bond acceptors (Lipinski definition) is 3. The lowest BCUT2D eigenvalue weighted by Crippen LogP contribution is -2.10. The summed E-state index contributed by atoms with van der Waals surface area (Å²) >= 11 is 1.87. The first-order valence-corrected chi connectivity index (χ1v) is 17.4. The number of furan rings is 1. The van der Waals surface area contributed by atoms with E-state index in [2.05, 4.69) is 169 Å². The molecule has 0 aliphatic carbocycles. The molecule has 0 radical (unpaired) electrons. The van der Waals surface area contributed by atoms with Gasteiger partial charge in [0, 0.05) is 54.1 Å². The molecule has 0 fully saturated rings. The van der Waals surface area contributed by atoms with Gasteiger partial charge < -0.3 is 9.32 Å². The first-order valence-electron chi connectivity index (χ1n) is 16.6. The van der Waals surface area contributed by atoms with Crippen molar-refractivity contribution in [2.75, 3.05) is 4.90 Å². The molecule has 2 nitrogen and oxygen atoms in total. The van der Waals surface area contributed by atoms with Crippen molar-refractivity contribution in [3.05, 3.63) is 176 Å². The second-order valence-corrected chi connectivity index (χ2v) is 13.6. The molecule has 8 aromatic carbocycles. The summed E-state index contributed by atoms with van der Waals surface area (Å²) in [6, 6.07) is 63.2. The summed E-state index contributed by atoms with van der Waals surface area (Å²) in [5.41, 5.74) is 9.78. The monoisotopic (exact) mass is 643 g/mol. The van der Waals surface area contributed by atoms with Crippen LogP contribution >= 0.6 is 11.3 Å². The Morgan fingerprint density at radius 1 is 0.367 bits per heavy atom. The van der Waals surface area contributed by atoms with Crippen LogP contribution in [-0.2, 0) is 0 Å². The van der Waals surface area contributed by atoms with E-state index in [0.717, 1.165) is 39.0 Å². The predicted molar refractivity (Wildman–Crippen MR) is 210 cm³/mol. The Morgan fingerprint density at radius 3 is 1.98 bits per heavy atom. The fourth-order valence-corrected chi connectivity index (χ4v) is 8.43. The molecule has 10 aromatic rings. The number of hydrogen-bond donors (Lipinski definition) is 0. The third kappa shape index (κ3) is 4.70. The van der Waals surface area contributed by atoms with Crippen molar-refractivity contribution in [1.29, 1.82) is 0 Å². The van der Waals surface area contributed by atoms with Gasteiger partial charge in [0.15, 0.2) is 0 Å². The summed E-state index contributed by atoms with van der Waals surface area (Å²) in [6.07, 6.45) is 0. The Kier molecular flexibility index (Phi) is 6.39. The molecule has 0 bridgehead atoms. The summed E-state index contributed by atoms with van der Waals surface area (Å²) in [6.45, 7) is 0. The van der Waals surface area contributed by atoms with Gasteiger partial charge in [-0.15, -0.1) is 11.3 Å². The summed E-state index contributed by atoms with van der Waals surface area (Å²) in [5, 5.41) is 7.44. The second kappa shape index (κ2) is 11.2. The molecule has 0 unspecified atom stereocenters. The molecule has 0 saturated heterocycles. The quantitative estimate of drug-likeness (QED) is 0.186. The Bertz CT molecular complexity index is 2830. The van der Waals surface area contributed by atoms with Crippen LogP contribution < -0.4 is 4.90 Å². The van der Waals surface area contributed by atoms with E-state index in [1.165, 1.54) is 53.2 Å². The van der Waals surface area contributed by atoms with E-state index in [4.69, 9.17) is 4.42 Å². The third-order valence-electron chi connectivity index (χ3n) is 9.65. The molecule has 0 spiro atoms. The molecule has 0 aliphatic rings. The van der Waals surface area contributed by atoms with Crippen molar-refractivity contribution >= 4 is 81.3 Å². The maximum atomic E-state index is 6.35. The van der Waals surface area contributed by atoms with E-state index in [-0.39, 0.29) is 0 Å². The lowest BCUT2D eigenvalue weighted by molar-refractivity contribution is 0.669. The SMILES string of the molecule is c1ccc(-c2cccc(N(c3ccc(-c4cccc5cc6sc7ccccc7c6cc45)cc3)c3ccc4c(c3)oc3ccccc34)c2)cc1. The van der Waals surface area contributed by atoms with E-state index in [1.54, 1.807) is 0 Å². The Labute approximate surface area is 287 Å². The molecule has 0 saturated carbocycles. The molecular formula is C46H29NOS. The number of anilines is 3. The predicted octanol–water partition coefficient (Wildman–Crippen LogP) is 13.9. The third-order valence-corrected chi connectivity index (χ3v) is 10.8.